The Labute approximate surface area is 145 Å². The van der Waals surface area contributed by atoms with Gasteiger partial charge in [0.1, 0.15) is 0 Å². The van der Waals surface area contributed by atoms with Crippen LogP contribution >= 0.6 is 11.6 Å². The maximum Gasteiger partial charge on any atom is 0.238 e. The molecule has 1 N–H and O–H groups in total. The fraction of sp³-hybridized carbons (Fsp3) is 0.167. The van der Waals surface area contributed by atoms with Gasteiger partial charge in [0.05, 0.1) is 34.5 Å². The van der Waals surface area contributed by atoms with Crippen LogP contribution in [-0.2, 0) is 4.79 Å². The van der Waals surface area contributed by atoms with Crippen LogP contribution in [0.3, 0.4) is 0 Å². The molecule has 6 heteroatoms. The summed E-state index contributed by atoms with van der Waals surface area (Å²) in [6.45, 7) is 0.313. The number of carbonyl (C=O) groups excluding carboxylic acids is 1. The molecule has 122 valence electrons. The number of hydrogen-bond donors (Lipinski definition) is 1. The van der Waals surface area contributed by atoms with E-state index in [0.29, 0.717) is 22.9 Å². The van der Waals surface area contributed by atoms with Crippen LogP contribution in [0, 0.1) is 0 Å². The molecular weight excluding hydrogens is 324 g/mol. The number of halogens is 1. The van der Waals surface area contributed by atoms with Crippen molar-refractivity contribution in [2.45, 2.75) is 0 Å². The van der Waals surface area contributed by atoms with Gasteiger partial charge in [-0.2, -0.15) is 0 Å². The number of hydrogen-bond acceptors (Lipinski definition) is 4. The van der Waals surface area contributed by atoms with Gasteiger partial charge in [0.2, 0.25) is 5.91 Å². The van der Waals surface area contributed by atoms with Crippen LogP contribution in [0.2, 0.25) is 5.02 Å². The lowest BCUT2D eigenvalue weighted by Crippen LogP contribution is -2.27. The lowest BCUT2D eigenvalue weighted by atomic mass is 10.1. The summed E-state index contributed by atoms with van der Waals surface area (Å²) >= 11 is 6.31. The zero-order valence-corrected chi connectivity index (χ0v) is 14.2. The average Bonchev–Trinajstić information content (AvgIpc) is 2.55. The van der Waals surface area contributed by atoms with Gasteiger partial charge in [-0.1, -0.05) is 23.7 Å². The smallest absolute Gasteiger partial charge is 0.238 e. The van der Waals surface area contributed by atoms with Gasteiger partial charge in [0, 0.05) is 11.3 Å². The SMILES string of the molecule is CN(C)CC(=O)Nc1ccc(Cl)c(-c2cnc3ccccc3n2)c1. The second-order valence-corrected chi connectivity index (χ2v) is 6.13. The molecule has 1 amide bonds. The van der Waals surface area contributed by atoms with Gasteiger partial charge in [0.15, 0.2) is 0 Å². The number of para-hydroxylation sites is 2. The van der Waals surface area contributed by atoms with E-state index in [1.807, 2.05) is 44.4 Å². The first-order valence-electron chi connectivity index (χ1n) is 7.49. The van der Waals surface area contributed by atoms with E-state index in [9.17, 15) is 4.79 Å². The van der Waals surface area contributed by atoms with Crippen LogP contribution in [0.1, 0.15) is 0 Å². The number of likely N-dealkylation sites (N-methyl/N-ethyl adjacent to an activating group) is 1. The van der Waals surface area contributed by atoms with Crippen LogP contribution in [0.25, 0.3) is 22.3 Å². The third-order valence-electron chi connectivity index (χ3n) is 3.43. The van der Waals surface area contributed by atoms with Crippen molar-refractivity contribution in [3.05, 3.63) is 53.7 Å². The predicted molar refractivity (Wildman–Crippen MR) is 97.2 cm³/mol. The van der Waals surface area contributed by atoms with E-state index < -0.39 is 0 Å². The highest BCUT2D eigenvalue weighted by atomic mass is 35.5. The maximum absolute atomic E-state index is 11.9. The topological polar surface area (TPSA) is 58.1 Å². The van der Waals surface area contributed by atoms with Gasteiger partial charge in [-0.25, -0.2) is 4.98 Å². The minimum atomic E-state index is -0.0853. The van der Waals surface area contributed by atoms with Crippen molar-refractivity contribution >= 4 is 34.2 Å². The Morgan fingerprint density at radius 3 is 2.67 bits per heavy atom. The summed E-state index contributed by atoms with van der Waals surface area (Å²) in [5.41, 5.74) is 3.71. The molecular formula is C18H17ClN4O. The van der Waals surface area contributed by atoms with Crippen molar-refractivity contribution in [2.24, 2.45) is 0 Å². The number of amides is 1. The zero-order chi connectivity index (χ0) is 17.1. The number of fused-ring (bicyclic) bond motifs is 1. The summed E-state index contributed by atoms with van der Waals surface area (Å²) in [6, 6.07) is 13.0. The maximum atomic E-state index is 11.9. The Kier molecular flexibility index (Phi) is 4.74. The van der Waals surface area contributed by atoms with E-state index in [-0.39, 0.29) is 5.91 Å². The third-order valence-corrected chi connectivity index (χ3v) is 3.76. The van der Waals surface area contributed by atoms with E-state index in [1.165, 1.54) is 0 Å². The molecule has 24 heavy (non-hydrogen) atoms. The number of carbonyl (C=O) groups is 1. The Morgan fingerprint density at radius 2 is 1.92 bits per heavy atom. The molecule has 0 fully saturated rings. The molecule has 3 aromatic rings. The van der Waals surface area contributed by atoms with Gasteiger partial charge < -0.3 is 10.2 Å². The molecule has 2 aromatic carbocycles. The van der Waals surface area contributed by atoms with Crippen molar-refractivity contribution in [2.75, 3.05) is 26.0 Å². The highest BCUT2D eigenvalue weighted by Gasteiger charge is 2.10. The summed E-state index contributed by atoms with van der Waals surface area (Å²) in [7, 11) is 3.69. The van der Waals surface area contributed by atoms with Crippen molar-refractivity contribution in [3.8, 4) is 11.3 Å². The average molecular weight is 341 g/mol. The highest BCUT2D eigenvalue weighted by molar-refractivity contribution is 6.33. The van der Waals surface area contributed by atoms with E-state index in [2.05, 4.69) is 15.3 Å². The van der Waals surface area contributed by atoms with Crippen LogP contribution < -0.4 is 5.32 Å². The Balaban J connectivity index is 1.94. The minimum Gasteiger partial charge on any atom is -0.325 e. The fourth-order valence-corrected chi connectivity index (χ4v) is 2.59. The number of rotatable bonds is 4. The van der Waals surface area contributed by atoms with Crippen molar-refractivity contribution < 1.29 is 4.79 Å². The molecule has 0 bridgehead atoms. The van der Waals surface area contributed by atoms with E-state index in [1.54, 1.807) is 23.2 Å². The molecule has 0 aliphatic heterocycles. The fourth-order valence-electron chi connectivity index (χ4n) is 2.37. The molecule has 0 spiro atoms. The molecule has 3 rings (SSSR count). The second kappa shape index (κ2) is 6.95. The second-order valence-electron chi connectivity index (χ2n) is 5.72. The quantitative estimate of drug-likeness (QED) is 0.790. The van der Waals surface area contributed by atoms with Gasteiger partial charge in [-0.15, -0.1) is 0 Å². The first kappa shape index (κ1) is 16.4. The normalized spacial score (nSPS) is 11.0. The molecule has 0 radical (unpaired) electrons. The Hall–Kier alpha value is -2.50. The van der Waals surface area contributed by atoms with Crippen molar-refractivity contribution in [1.29, 1.82) is 0 Å². The van der Waals surface area contributed by atoms with Gasteiger partial charge >= 0.3 is 0 Å². The number of aromatic nitrogens is 2. The highest BCUT2D eigenvalue weighted by Crippen LogP contribution is 2.29. The summed E-state index contributed by atoms with van der Waals surface area (Å²) in [4.78, 5) is 22.7. The number of nitrogens with one attached hydrogen (secondary N) is 1. The summed E-state index contributed by atoms with van der Waals surface area (Å²) < 4.78 is 0. The minimum absolute atomic E-state index is 0.0853. The van der Waals surface area contributed by atoms with Gasteiger partial charge in [-0.05, 0) is 44.4 Å². The lowest BCUT2D eigenvalue weighted by Gasteiger charge is -2.12. The standard InChI is InChI=1S/C18H17ClN4O/c1-23(2)11-18(24)21-12-7-8-14(19)13(9-12)17-10-20-15-5-3-4-6-16(15)22-17/h3-10H,11H2,1-2H3,(H,21,24). The summed E-state index contributed by atoms with van der Waals surface area (Å²) in [5.74, 6) is -0.0853. The van der Waals surface area contributed by atoms with Gasteiger partial charge in [0.25, 0.3) is 0 Å². The zero-order valence-electron chi connectivity index (χ0n) is 13.5. The van der Waals surface area contributed by atoms with Gasteiger partial charge in [-0.3, -0.25) is 9.78 Å². The van der Waals surface area contributed by atoms with Crippen molar-refractivity contribution in [3.63, 3.8) is 0 Å². The van der Waals surface area contributed by atoms with Crippen LogP contribution in [0.15, 0.2) is 48.7 Å². The van der Waals surface area contributed by atoms with Crippen LogP contribution in [0.4, 0.5) is 5.69 Å². The Bertz CT molecular complexity index is 895. The number of anilines is 1. The molecule has 0 aliphatic rings. The van der Waals surface area contributed by atoms with E-state index >= 15 is 0 Å². The number of nitrogens with zero attached hydrogens (tertiary/aromatic N) is 3. The van der Waals surface area contributed by atoms with E-state index in [0.717, 1.165) is 16.6 Å². The number of benzene rings is 2. The lowest BCUT2D eigenvalue weighted by molar-refractivity contribution is -0.116. The molecule has 1 heterocycles. The van der Waals surface area contributed by atoms with Crippen molar-refractivity contribution in [1.82, 2.24) is 14.9 Å². The summed E-state index contributed by atoms with van der Waals surface area (Å²) in [5, 5.41) is 3.42. The predicted octanol–water partition coefficient (Wildman–Crippen LogP) is 3.45. The van der Waals surface area contributed by atoms with Crippen LogP contribution in [0.5, 0.6) is 0 Å². The monoisotopic (exact) mass is 340 g/mol. The first-order chi connectivity index (χ1) is 11.5. The molecule has 0 aliphatic carbocycles. The molecule has 0 unspecified atom stereocenters. The largest absolute Gasteiger partial charge is 0.325 e. The molecule has 0 saturated heterocycles. The Morgan fingerprint density at radius 1 is 1.17 bits per heavy atom. The molecule has 5 nitrogen and oxygen atoms in total. The molecule has 0 saturated carbocycles. The molecule has 1 aromatic heterocycles. The third kappa shape index (κ3) is 3.69. The molecule has 0 atom stereocenters. The first-order valence-corrected chi connectivity index (χ1v) is 7.87. The van der Waals surface area contributed by atoms with Crippen LogP contribution in [-0.4, -0.2) is 41.4 Å². The van der Waals surface area contributed by atoms with E-state index in [4.69, 9.17) is 11.6 Å². The summed E-state index contributed by atoms with van der Waals surface area (Å²) in [6.07, 6.45) is 1.69.